The summed E-state index contributed by atoms with van der Waals surface area (Å²) in [5.41, 5.74) is 2.70. The van der Waals surface area contributed by atoms with Crippen molar-refractivity contribution in [3.05, 3.63) is 70.2 Å². The Morgan fingerprint density at radius 2 is 1.93 bits per heavy atom. The lowest BCUT2D eigenvalue weighted by atomic mass is 10.0. The van der Waals surface area contributed by atoms with E-state index in [2.05, 4.69) is 25.3 Å². The fourth-order valence-corrected chi connectivity index (χ4v) is 3.91. The Balaban J connectivity index is 1.26. The van der Waals surface area contributed by atoms with E-state index < -0.39 is 0 Å². The quantitative estimate of drug-likeness (QED) is 0.509. The minimum atomic E-state index is -0.0859. The molecule has 4 aromatic heterocycles. The van der Waals surface area contributed by atoms with Crippen LogP contribution >= 0.6 is 0 Å². The Labute approximate surface area is 167 Å². The van der Waals surface area contributed by atoms with Gasteiger partial charge in [-0.15, -0.1) is 15.3 Å². The first kappa shape index (κ1) is 17.7. The van der Waals surface area contributed by atoms with Crippen LogP contribution in [0.4, 0.5) is 0 Å². The monoisotopic (exact) mass is 390 g/mol. The van der Waals surface area contributed by atoms with E-state index in [1.165, 1.54) is 0 Å². The first-order chi connectivity index (χ1) is 14.1. The Morgan fingerprint density at radius 1 is 1.07 bits per heavy atom. The number of fused-ring (bicyclic) bond motifs is 1. The predicted octanol–water partition coefficient (Wildman–Crippen LogP) is 1.22. The Morgan fingerprint density at radius 3 is 2.72 bits per heavy atom. The summed E-state index contributed by atoms with van der Waals surface area (Å²) in [7, 11) is 0. The highest BCUT2D eigenvalue weighted by Gasteiger charge is 2.28. The van der Waals surface area contributed by atoms with Gasteiger partial charge in [-0.1, -0.05) is 6.07 Å². The zero-order chi connectivity index (χ0) is 20.0. The lowest BCUT2D eigenvalue weighted by Gasteiger charge is -2.38. The molecule has 0 unspecified atom stereocenters. The molecule has 4 aromatic rings. The fourth-order valence-electron chi connectivity index (χ4n) is 3.91. The molecule has 1 fully saturated rings. The molecule has 1 aliphatic rings. The molecule has 5 rings (SSSR count). The third-order valence-electron chi connectivity index (χ3n) is 5.29. The standard InChI is InChI=1S/C20H22N8O/c1-14-9-15(2)28(23-14)18-6-7-20(29)27(24-18)12-16-10-25(11-16)13-19-22-21-17-5-3-4-8-26(17)19/h3-9,16H,10-13H2,1-2H3. The average Bonchev–Trinajstić information content (AvgIpc) is 3.24. The van der Waals surface area contributed by atoms with E-state index in [-0.39, 0.29) is 5.56 Å². The van der Waals surface area contributed by atoms with E-state index >= 15 is 0 Å². The highest BCUT2D eigenvalue weighted by Crippen LogP contribution is 2.19. The lowest BCUT2D eigenvalue weighted by Crippen LogP contribution is -2.49. The molecule has 1 aliphatic heterocycles. The number of aromatic nitrogens is 7. The third kappa shape index (κ3) is 3.33. The summed E-state index contributed by atoms with van der Waals surface area (Å²) in [4.78, 5) is 14.6. The second-order valence-electron chi connectivity index (χ2n) is 7.66. The maximum Gasteiger partial charge on any atom is 0.266 e. The molecule has 0 aromatic carbocycles. The average molecular weight is 390 g/mol. The van der Waals surface area contributed by atoms with Gasteiger partial charge in [0.1, 0.15) is 0 Å². The Hall–Kier alpha value is -3.33. The highest BCUT2D eigenvalue weighted by molar-refractivity contribution is 5.37. The van der Waals surface area contributed by atoms with Crippen LogP contribution in [0.5, 0.6) is 0 Å². The summed E-state index contributed by atoms with van der Waals surface area (Å²) in [6, 6.07) is 11.2. The van der Waals surface area contributed by atoms with Gasteiger partial charge >= 0.3 is 0 Å². The van der Waals surface area contributed by atoms with Crippen molar-refractivity contribution in [1.29, 1.82) is 0 Å². The molecule has 0 atom stereocenters. The number of hydrogen-bond acceptors (Lipinski definition) is 6. The minimum Gasteiger partial charge on any atom is -0.295 e. The molecule has 0 radical (unpaired) electrons. The first-order valence-corrected chi connectivity index (χ1v) is 9.69. The van der Waals surface area contributed by atoms with Gasteiger partial charge in [-0.3, -0.25) is 14.1 Å². The van der Waals surface area contributed by atoms with Crippen LogP contribution in [0.2, 0.25) is 0 Å². The maximum absolute atomic E-state index is 12.3. The smallest absolute Gasteiger partial charge is 0.266 e. The van der Waals surface area contributed by atoms with Crippen molar-refractivity contribution in [3.63, 3.8) is 0 Å². The van der Waals surface area contributed by atoms with Crippen molar-refractivity contribution in [3.8, 4) is 5.82 Å². The molecular formula is C20H22N8O. The van der Waals surface area contributed by atoms with Gasteiger partial charge in [0.15, 0.2) is 17.3 Å². The van der Waals surface area contributed by atoms with Crippen molar-refractivity contribution in [2.75, 3.05) is 13.1 Å². The number of hydrogen-bond donors (Lipinski definition) is 0. The van der Waals surface area contributed by atoms with Crippen LogP contribution in [0.25, 0.3) is 11.5 Å². The summed E-state index contributed by atoms with van der Waals surface area (Å²) in [6.07, 6.45) is 1.98. The minimum absolute atomic E-state index is 0.0859. The van der Waals surface area contributed by atoms with Gasteiger partial charge in [0.25, 0.3) is 5.56 Å². The molecule has 9 nitrogen and oxygen atoms in total. The number of pyridine rings is 1. The van der Waals surface area contributed by atoms with Crippen molar-refractivity contribution < 1.29 is 0 Å². The molecule has 1 saturated heterocycles. The Bertz CT molecular complexity index is 1230. The van der Waals surface area contributed by atoms with Gasteiger partial charge < -0.3 is 0 Å². The summed E-state index contributed by atoms with van der Waals surface area (Å²) in [5.74, 6) is 1.98. The fraction of sp³-hybridized carbons (Fsp3) is 0.350. The van der Waals surface area contributed by atoms with E-state index in [9.17, 15) is 4.79 Å². The molecule has 0 bridgehead atoms. The van der Waals surface area contributed by atoms with E-state index in [4.69, 9.17) is 0 Å². The van der Waals surface area contributed by atoms with E-state index in [0.29, 0.717) is 18.3 Å². The summed E-state index contributed by atoms with van der Waals surface area (Å²) in [5, 5.41) is 17.5. The number of likely N-dealkylation sites (tertiary alicyclic amines) is 1. The molecular weight excluding hydrogens is 368 g/mol. The van der Waals surface area contributed by atoms with Crippen LogP contribution in [0.3, 0.4) is 0 Å². The number of aryl methyl sites for hydroxylation is 2. The second kappa shape index (κ2) is 6.93. The van der Waals surface area contributed by atoms with Crippen LogP contribution in [-0.4, -0.2) is 52.1 Å². The van der Waals surface area contributed by atoms with Gasteiger partial charge in [0.05, 0.1) is 18.8 Å². The summed E-state index contributed by atoms with van der Waals surface area (Å²) in [6.45, 7) is 7.08. The molecule has 0 saturated carbocycles. The first-order valence-electron chi connectivity index (χ1n) is 9.69. The van der Waals surface area contributed by atoms with E-state index in [1.807, 2.05) is 48.7 Å². The number of rotatable bonds is 5. The van der Waals surface area contributed by atoms with Crippen LogP contribution in [-0.2, 0) is 13.1 Å². The van der Waals surface area contributed by atoms with E-state index in [1.54, 1.807) is 21.5 Å². The molecule has 148 valence electrons. The normalized spacial score (nSPS) is 15.1. The molecule has 0 amide bonds. The summed E-state index contributed by atoms with van der Waals surface area (Å²) < 4.78 is 5.34. The van der Waals surface area contributed by atoms with Crippen molar-refractivity contribution >= 4 is 5.65 Å². The highest BCUT2D eigenvalue weighted by atomic mass is 16.1. The van der Waals surface area contributed by atoms with Crippen molar-refractivity contribution in [2.24, 2.45) is 5.92 Å². The van der Waals surface area contributed by atoms with Gasteiger partial charge in [-0.25, -0.2) is 9.36 Å². The van der Waals surface area contributed by atoms with Gasteiger partial charge in [-0.2, -0.15) is 5.10 Å². The van der Waals surface area contributed by atoms with Crippen LogP contribution < -0.4 is 5.56 Å². The molecule has 0 aliphatic carbocycles. The molecule has 5 heterocycles. The summed E-state index contributed by atoms with van der Waals surface area (Å²) >= 11 is 0. The number of nitrogens with zero attached hydrogens (tertiary/aromatic N) is 8. The largest absolute Gasteiger partial charge is 0.295 e. The molecule has 9 heteroatoms. The van der Waals surface area contributed by atoms with Crippen LogP contribution in [0, 0.1) is 19.8 Å². The van der Waals surface area contributed by atoms with Gasteiger partial charge in [0.2, 0.25) is 0 Å². The zero-order valence-electron chi connectivity index (χ0n) is 16.4. The SMILES string of the molecule is Cc1cc(C)n(-c2ccc(=O)n(CC3CN(Cc4nnc5ccccn45)C3)n2)n1. The Kier molecular flexibility index (Phi) is 4.24. The van der Waals surface area contributed by atoms with Gasteiger partial charge in [0, 0.05) is 37.0 Å². The van der Waals surface area contributed by atoms with Crippen LogP contribution in [0.1, 0.15) is 17.2 Å². The molecule has 0 spiro atoms. The van der Waals surface area contributed by atoms with Gasteiger partial charge in [-0.05, 0) is 38.1 Å². The second-order valence-corrected chi connectivity index (χ2v) is 7.66. The maximum atomic E-state index is 12.3. The molecule has 29 heavy (non-hydrogen) atoms. The van der Waals surface area contributed by atoms with Crippen molar-refractivity contribution in [1.82, 2.24) is 39.1 Å². The predicted molar refractivity (Wildman–Crippen MR) is 107 cm³/mol. The third-order valence-corrected chi connectivity index (χ3v) is 5.29. The zero-order valence-corrected chi connectivity index (χ0v) is 16.4. The van der Waals surface area contributed by atoms with E-state index in [0.717, 1.165) is 42.5 Å². The van der Waals surface area contributed by atoms with Crippen LogP contribution in [0.15, 0.2) is 47.4 Å². The topological polar surface area (TPSA) is 86.1 Å². The lowest BCUT2D eigenvalue weighted by molar-refractivity contribution is 0.0737. The van der Waals surface area contributed by atoms with Crippen molar-refractivity contribution in [2.45, 2.75) is 26.9 Å². The molecule has 0 N–H and O–H groups in total.